The van der Waals surface area contributed by atoms with E-state index in [1.54, 1.807) is 0 Å². The summed E-state index contributed by atoms with van der Waals surface area (Å²) in [5, 5.41) is 0. The fourth-order valence-electron chi connectivity index (χ4n) is 1.83. The predicted molar refractivity (Wildman–Crippen MR) is 70.3 cm³/mol. The SMILES string of the molecule is CCOC([SiH3])(CCCCOCC1CO1)OCC. The molecule has 1 fully saturated rings. The number of epoxide rings is 1. The van der Waals surface area contributed by atoms with Crippen molar-refractivity contribution in [2.75, 3.05) is 33.0 Å². The lowest BCUT2D eigenvalue weighted by molar-refractivity contribution is -0.177. The van der Waals surface area contributed by atoms with Crippen molar-refractivity contribution in [3.63, 3.8) is 0 Å². The van der Waals surface area contributed by atoms with E-state index in [1.807, 2.05) is 13.8 Å². The Morgan fingerprint density at radius 2 is 1.88 bits per heavy atom. The molecule has 1 atom stereocenters. The van der Waals surface area contributed by atoms with E-state index >= 15 is 0 Å². The molecule has 1 aliphatic rings. The summed E-state index contributed by atoms with van der Waals surface area (Å²) in [5.74, 6) is 0. The van der Waals surface area contributed by atoms with Crippen molar-refractivity contribution >= 4 is 10.2 Å². The first kappa shape index (κ1) is 15.1. The van der Waals surface area contributed by atoms with Crippen LogP contribution in [0.15, 0.2) is 0 Å². The minimum Gasteiger partial charge on any atom is -0.379 e. The molecule has 0 aromatic heterocycles. The van der Waals surface area contributed by atoms with Crippen LogP contribution in [0.1, 0.15) is 33.1 Å². The van der Waals surface area contributed by atoms with Crippen molar-refractivity contribution in [3.05, 3.63) is 0 Å². The lowest BCUT2D eigenvalue weighted by atomic mass is 10.2. The average molecular weight is 262 g/mol. The van der Waals surface area contributed by atoms with Crippen LogP contribution in [0.4, 0.5) is 0 Å². The van der Waals surface area contributed by atoms with Gasteiger partial charge in [0.25, 0.3) is 0 Å². The number of unbranched alkanes of at least 4 members (excludes halogenated alkanes) is 1. The first-order valence-corrected chi connectivity index (χ1v) is 7.67. The molecule has 0 aliphatic carbocycles. The van der Waals surface area contributed by atoms with Crippen LogP contribution in [0.2, 0.25) is 0 Å². The molecule has 4 nitrogen and oxygen atoms in total. The normalized spacial score (nSPS) is 19.8. The van der Waals surface area contributed by atoms with Gasteiger partial charge in [0.2, 0.25) is 0 Å². The minimum atomic E-state index is -0.289. The van der Waals surface area contributed by atoms with Crippen LogP contribution in [0.3, 0.4) is 0 Å². The smallest absolute Gasteiger partial charge is 0.141 e. The molecule has 0 saturated carbocycles. The second kappa shape index (κ2) is 8.21. The molecule has 0 aromatic rings. The highest BCUT2D eigenvalue weighted by Crippen LogP contribution is 2.17. The van der Waals surface area contributed by atoms with Crippen molar-refractivity contribution in [2.24, 2.45) is 0 Å². The molecule has 1 unspecified atom stereocenters. The van der Waals surface area contributed by atoms with E-state index in [0.29, 0.717) is 6.10 Å². The lowest BCUT2D eigenvalue weighted by Gasteiger charge is -2.29. The Labute approximate surface area is 107 Å². The van der Waals surface area contributed by atoms with E-state index in [0.717, 1.165) is 62.5 Å². The molecule has 1 heterocycles. The van der Waals surface area contributed by atoms with E-state index in [1.165, 1.54) is 0 Å². The van der Waals surface area contributed by atoms with E-state index in [2.05, 4.69) is 0 Å². The van der Waals surface area contributed by atoms with Gasteiger partial charge in [0.05, 0.1) is 23.5 Å². The lowest BCUT2D eigenvalue weighted by Crippen LogP contribution is -2.36. The highest BCUT2D eigenvalue weighted by Gasteiger charge is 2.24. The summed E-state index contributed by atoms with van der Waals surface area (Å²) in [4.78, 5) is 0. The zero-order valence-electron chi connectivity index (χ0n) is 11.4. The van der Waals surface area contributed by atoms with Gasteiger partial charge >= 0.3 is 0 Å². The molecular weight excluding hydrogens is 236 g/mol. The average Bonchev–Trinajstić information content (AvgIpc) is 3.08. The van der Waals surface area contributed by atoms with Gasteiger partial charge in [-0.15, -0.1) is 0 Å². The van der Waals surface area contributed by atoms with Crippen LogP contribution in [0, 0.1) is 0 Å². The molecule has 0 N–H and O–H groups in total. The van der Waals surface area contributed by atoms with Gasteiger partial charge in [-0.05, 0) is 33.1 Å². The van der Waals surface area contributed by atoms with Crippen LogP contribution in [0.5, 0.6) is 0 Å². The number of hydrogen-bond acceptors (Lipinski definition) is 4. The largest absolute Gasteiger partial charge is 0.379 e. The Hall–Kier alpha value is 0.0569. The first-order valence-electron chi connectivity index (χ1n) is 6.67. The van der Waals surface area contributed by atoms with Crippen molar-refractivity contribution in [3.8, 4) is 0 Å². The molecule has 1 rings (SSSR count). The van der Waals surface area contributed by atoms with E-state index in [-0.39, 0.29) is 5.41 Å². The Bertz CT molecular complexity index is 191. The number of ether oxygens (including phenoxy) is 4. The maximum absolute atomic E-state index is 5.70. The molecule has 5 heteroatoms. The molecule has 0 amide bonds. The fraction of sp³-hybridized carbons (Fsp3) is 1.00. The van der Waals surface area contributed by atoms with Gasteiger partial charge in [0.1, 0.15) is 11.5 Å². The number of rotatable bonds is 11. The highest BCUT2D eigenvalue weighted by atomic mass is 28.1. The summed E-state index contributed by atoms with van der Waals surface area (Å²) >= 11 is 0. The van der Waals surface area contributed by atoms with Crippen molar-refractivity contribution in [1.82, 2.24) is 0 Å². The Balaban J connectivity index is 2.00. The maximum Gasteiger partial charge on any atom is 0.141 e. The maximum atomic E-state index is 5.70. The molecule has 0 spiro atoms. The monoisotopic (exact) mass is 262 g/mol. The molecular formula is C12H26O4Si. The van der Waals surface area contributed by atoms with Gasteiger partial charge in [-0.2, -0.15) is 0 Å². The molecule has 1 aliphatic heterocycles. The van der Waals surface area contributed by atoms with Crippen molar-refractivity contribution in [2.45, 2.75) is 44.6 Å². The molecule has 17 heavy (non-hydrogen) atoms. The summed E-state index contributed by atoms with van der Waals surface area (Å²) in [6.45, 7) is 7.92. The van der Waals surface area contributed by atoms with E-state index < -0.39 is 0 Å². The van der Waals surface area contributed by atoms with Gasteiger partial charge in [-0.3, -0.25) is 0 Å². The van der Waals surface area contributed by atoms with Crippen LogP contribution in [0.25, 0.3) is 0 Å². The van der Waals surface area contributed by atoms with Crippen molar-refractivity contribution in [1.29, 1.82) is 0 Å². The quantitative estimate of drug-likeness (QED) is 0.237. The zero-order valence-corrected chi connectivity index (χ0v) is 13.4. The van der Waals surface area contributed by atoms with Crippen LogP contribution in [-0.4, -0.2) is 54.8 Å². The Morgan fingerprint density at radius 1 is 1.24 bits per heavy atom. The summed E-state index contributed by atoms with van der Waals surface area (Å²) in [7, 11) is 0.909. The van der Waals surface area contributed by atoms with Gasteiger partial charge < -0.3 is 18.9 Å². The molecule has 0 radical (unpaired) electrons. The third-order valence-electron chi connectivity index (χ3n) is 2.78. The van der Waals surface area contributed by atoms with Crippen LogP contribution >= 0.6 is 0 Å². The number of hydrogen-bond donors (Lipinski definition) is 0. The predicted octanol–water partition coefficient (Wildman–Crippen LogP) is 0.664. The van der Waals surface area contributed by atoms with Gasteiger partial charge in [-0.25, -0.2) is 0 Å². The third-order valence-corrected chi connectivity index (χ3v) is 3.85. The highest BCUT2D eigenvalue weighted by molar-refractivity contribution is 6.13. The van der Waals surface area contributed by atoms with Crippen molar-refractivity contribution < 1.29 is 18.9 Å². The second-order valence-corrected chi connectivity index (χ2v) is 6.01. The van der Waals surface area contributed by atoms with Gasteiger partial charge in [0, 0.05) is 19.8 Å². The third kappa shape index (κ3) is 7.16. The summed E-state index contributed by atoms with van der Waals surface area (Å²) in [6.07, 6.45) is 3.51. The van der Waals surface area contributed by atoms with Crippen LogP contribution in [-0.2, 0) is 18.9 Å². The standard InChI is InChI=1S/C12H26O4Si/c1-3-15-12(17,16-4-2)7-5-6-8-13-9-11-10-14-11/h11H,3-10H2,1-2,17H3. The first-order chi connectivity index (χ1) is 8.20. The molecule has 0 aromatic carbocycles. The second-order valence-electron chi connectivity index (χ2n) is 4.49. The summed E-state index contributed by atoms with van der Waals surface area (Å²) in [5.41, 5.74) is -0.289. The molecule has 0 bridgehead atoms. The van der Waals surface area contributed by atoms with Crippen LogP contribution < -0.4 is 0 Å². The minimum absolute atomic E-state index is 0.289. The molecule has 102 valence electrons. The fourth-order valence-corrected chi connectivity index (χ4v) is 2.76. The van der Waals surface area contributed by atoms with Gasteiger partial charge in [0.15, 0.2) is 0 Å². The van der Waals surface area contributed by atoms with E-state index in [4.69, 9.17) is 18.9 Å². The Morgan fingerprint density at radius 3 is 2.41 bits per heavy atom. The Kier molecular flexibility index (Phi) is 7.30. The topological polar surface area (TPSA) is 40.2 Å². The summed E-state index contributed by atoms with van der Waals surface area (Å²) in [6, 6.07) is 0. The molecule has 1 saturated heterocycles. The van der Waals surface area contributed by atoms with Gasteiger partial charge in [-0.1, -0.05) is 0 Å². The zero-order chi connectivity index (χ0) is 12.6. The summed E-state index contributed by atoms with van der Waals surface area (Å²) < 4.78 is 22.0. The van der Waals surface area contributed by atoms with E-state index in [9.17, 15) is 0 Å².